The highest BCUT2D eigenvalue weighted by molar-refractivity contribution is 9.10. The van der Waals surface area contributed by atoms with Crippen LogP contribution in [0.25, 0.3) is 0 Å². The monoisotopic (exact) mass is 525 g/mol. The van der Waals surface area contributed by atoms with E-state index in [0.717, 1.165) is 13.7 Å². The van der Waals surface area contributed by atoms with E-state index in [1.807, 2.05) is 11.4 Å². The fourth-order valence-electron chi connectivity index (χ4n) is 2.61. The van der Waals surface area contributed by atoms with Gasteiger partial charge in [0.25, 0.3) is 10.2 Å². The first kappa shape index (κ1) is 19.9. The van der Waals surface area contributed by atoms with Gasteiger partial charge in [-0.15, -0.1) is 11.3 Å². The average Bonchev–Trinajstić information content (AvgIpc) is 2.99. The second-order valence-electron chi connectivity index (χ2n) is 5.73. The van der Waals surface area contributed by atoms with Crippen molar-refractivity contribution in [2.24, 2.45) is 0 Å². The van der Waals surface area contributed by atoms with Crippen molar-refractivity contribution in [3.05, 3.63) is 49.3 Å². The summed E-state index contributed by atoms with van der Waals surface area (Å²) in [6.07, 6.45) is 0.275. The van der Waals surface area contributed by atoms with Gasteiger partial charge in [0.1, 0.15) is 11.9 Å². The van der Waals surface area contributed by atoms with Crippen LogP contribution in [0.1, 0.15) is 17.3 Å². The van der Waals surface area contributed by atoms with Gasteiger partial charge in [-0.1, -0.05) is 0 Å². The van der Waals surface area contributed by atoms with Crippen LogP contribution in [-0.4, -0.2) is 31.7 Å². The molecule has 1 aliphatic rings. The molecule has 140 valence electrons. The quantitative estimate of drug-likeness (QED) is 0.641. The van der Waals surface area contributed by atoms with Crippen LogP contribution >= 0.6 is 43.2 Å². The number of amides is 1. The third kappa shape index (κ3) is 4.18. The van der Waals surface area contributed by atoms with E-state index < -0.39 is 34.0 Å². The Morgan fingerprint density at radius 1 is 1.38 bits per heavy atom. The van der Waals surface area contributed by atoms with Crippen molar-refractivity contribution in [2.75, 3.05) is 12.4 Å². The maximum atomic E-state index is 13.3. The standard InChI is InChI=1S/C15H14Br2FN3O3S2/c1-21-13(15(22)19-9-2-3-11(18)10(17)5-9)6-12(20-26(21,23)24)14-4-8(16)7-25-14/h2-5,7,12-13,20H,6H2,1H3,(H,19,22). The van der Waals surface area contributed by atoms with E-state index in [1.165, 1.54) is 36.6 Å². The van der Waals surface area contributed by atoms with Crippen LogP contribution in [0.2, 0.25) is 0 Å². The maximum absolute atomic E-state index is 13.3. The summed E-state index contributed by atoms with van der Waals surface area (Å²) in [6.45, 7) is 0. The van der Waals surface area contributed by atoms with Crippen LogP contribution in [0.4, 0.5) is 10.1 Å². The number of nitrogens with one attached hydrogen (secondary N) is 2. The number of hydrogen-bond acceptors (Lipinski definition) is 4. The Bertz CT molecular complexity index is 951. The van der Waals surface area contributed by atoms with E-state index in [-0.39, 0.29) is 10.9 Å². The summed E-state index contributed by atoms with van der Waals surface area (Å²) < 4.78 is 42.8. The number of likely N-dealkylation sites (N-methyl/N-ethyl adjacent to an activating group) is 1. The number of carbonyl (C=O) groups is 1. The first-order chi connectivity index (χ1) is 12.2. The number of hydrogen-bond donors (Lipinski definition) is 2. The van der Waals surface area contributed by atoms with Gasteiger partial charge in [0.15, 0.2) is 0 Å². The molecule has 1 aliphatic heterocycles. The molecular weight excluding hydrogens is 513 g/mol. The van der Waals surface area contributed by atoms with Gasteiger partial charge < -0.3 is 5.32 Å². The minimum Gasteiger partial charge on any atom is -0.325 e. The van der Waals surface area contributed by atoms with Gasteiger partial charge in [-0.25, -0.2) is 4.39 Å². The summed E-state index contributed by atoms with van der Waals surface area (Å²) in [5, 5.41) is 4.50. The molecule has 1 aromatic heterocycles. The molecule has 0 radical (unpaired) electrons. The summed E-state index contributed by atoms with van der Waals surface area (Å²) >= 11 is 7.81. The first-order valence-corrected chi connectivity index (χ1v) is 11.3. The van der Waals surface area contributed by atoms with Crippen molar-refractivity contribution in [1.29, 1.82) is 0 Å². The Kier molecular flexibility index (Phi) is 5.85. The van der Waals surface area contributed by atoms with Gasteiger partial charge in [-0.3, -0.25) is 4.79 Å². The second kappa shape index (κ2) is 7.64. The zero-order valence-corrected chi connectivity index (χ0v) is 18.2. The molecule has 0 bridgehead atoms. The molecule has 1 saturated heterocycles. The Morgan fingerprint density at radius 2 is 2.12 bits per heavy atom. The Morgan fingerprint density at radius 3 is 2.73 bits per heavy atom. The lowest BCUT2D eigenvalue weighted by molar-refractivity contribution is -0.120. The van der Waals surface area contributed by atoms with Crippen LogP contribution < -0.4 is 10.0 Å². The molecule has 26 heavy (non-hydrogen) atoms. The lowest BCUT2D eigenvalue weighted by atomic mass is 10.1. The number of thiophene rings is 1. The van der Waals surface area contributed by atoms with Gasteiger partial charge in [0, 0.05) is 27.5 Å². The summed E-state index contributed by atoms with van der Waals surface area (Å²) in [5.41, 5.74) is 0.378. The molecule has 2 atom stereocenters. The number of benzene rings is 1. The van der Waals surface area contributed by atoms with Crippen molar-refractivity contribution in [3.63, 3.8) is 0 Å². The lowest BCUT2D eigenvalue weighted by Gasteiger charge is -2.35. The fraction of sp³-hybridized carbons (Fsp3) is 0.267. The smallest absolute Gasteiger partial charge is 0.280 e. The molecule has 2 N–H and O–H groups in total. The molecule has 3 rings (SSSR count). The molecule has 2 heterocycles. The summed E-state index contributed by atoms with van der Waals surface area (Å²) in [7, 11) is -2.45. The molecule has 2 aromatic rings. The molecule has 0 aliphatic carbocycles. The van der Waals surface area contributed by atoms with E-state index in [0.29, 0.717) is 5.69 Å². The summed E-state index contributed by atoms with van der Waals surface area (Å²) in [5.74, 6) is -0.926. The van der Waals surface area contributed by atoms with Crippen molar-refractivity contribution >= 4 is 65.0 Å². The van der Waals surface area contributed by atoms with Crippen molar-refractivity contribution in [3.8, 4) is 0 Å². The Hall–Kier alpha value is -0.850. The molecule has 11 heteroatoms. The minimum absolute atomic E-state index is 0.211. The van der Waals surface area contributed by atoms with Crippen LogP contribution in [0, 0.1) is 5.82 Å². The van der Waals surface area contributed by atoms with Crippen LogP contribution in [0.3, 0.4) is 0 Å². The predicted molar refractivity (Wildman–Crippen MR) is 106 cm³/mol. The van der Waals surface area contributed by atoms with Gasteiger partial charge in [-0.05, 0) is 62.5 Å². The zero-order chi connectivity index (χ0) is 19.1. The first-order valence-electron chi connectivity index (χ1n) is 7.42. The number of nitrogens with zero attached hydrogens (tertiary/aromatic N) is 1. The zero-order valence-electron chi connectivity index (χ0n) is 13.4. The summed E-state index contributed by atoms with van der Waals surface area (Å²) in [4.78, 5) is 13.5. The molecule has 1 fully saturated rings. The lowest BCUT2D eigenvalue weighted by Crippen LogP contribution is -2.55. The third-order valence-corrected chi connectivity index (χ3v) is 8.00. The van der Waals surface area contributed by atoms with Crippen molar-refractivity contribution in [1.82, 2.24) is 9.03 Å². The van der Waals surface area contributed by atoms with Crippen LogP contribution in [0.5, 0.6) is 0 Å². The summed E-state index contributed by atoms with van der Waals surface area (Å²) in [6, 6.07) is 4.50. The number of rotatable bonds is 3. The fourth-order valence-corrected chi connectivity index (χ4v) is 5.84. The molecule has 0 spiro atoms. The van der Waals surface area contributed by atoms with Gasteiger partial charge >= 0.3 is 0 Å². The van der Waals surface area contributed by atoms with Gasteiger partial charge in [-0.2, -0.15) is 17.4 Å². The van der Waals surface area contributed by atoms with Crippen molar-refractivity contribution in [2.45, 2.75) is 18.5 Å². The minimum atomic E-state index is -3.81. The largest absolute Gasteiger partial charge is 0.325 e. The second-order valence-corrected chi connectivity index (χ2v) is 10.2. The number of carbonyl (C=O) groups excluding carboxylic acids is 1. The molecule has 2 unspecified atom stereocenters. The topological polar surface area (TPSA) is 78.5 Å². The highest BCUT2D eigenvalue weighted by atomic mass is 79.9. The normalized spacial score (nSPS) is 22.9. The predicted octanol–water partition coefficient (Wildman–Crippen LogP) is 3.63. The van der Waals surface area contributed by atoms with E-state index in [2.05, 4.69) is 41.9 Å². The van der Waals surface area contributed by atoms with Gasteiger partial charge in [0.05, 0.1) is 10.5 Å². The van der Waals surface area contributed by atoms with E-state index in [1.54, 1.807) is 0 Å². The Labute approximate surface area is 171 Å². The van der Waals surface area contributed by atoms with Crippen LogP contribution in [0.15, 0.2) is 38.6 Å². The van der Waals surface area contributed by atoms with E-state index in [9.17, 15) is 17.6 Å². The Balaban J connectivity index is 1.83. The highest BCUT2D eigenvalue weighted by Crippen LogP contribution is 2.33. The van der Waals surface area contributed by atoms with E-state index >= 15 is 0 Å². The van der Waals surface area contributed by atoms with Crippen LogP contribution in [-0.2, 0) is 15.0 Å². The highest BCUT2D eigenvalue weighted by Gasteiger charge is 2.41. The molecule has 6 nitrogen and oxygen atoms in total. The third-order valence-electron chi connectivity index (χ3n) is 3.99. The SMILES string of the molecule is CN1C(C(=O)Nc2ccc(F)c(Br)c2)CC(c2cc(Br)cs2)NS1(=O)=O. The average molecular weight is 527 g/mol. The molecular formula is C15H14Br2FN3O3S2. The van der Waals surface area contributed by atoms with E-state index in [4.69, 9.17) is 0 Å². The molecule has 1 amide bonds. The number of halogens is 3. The molecule has 1 aromatic carbocycles. The maximum Gasteiger partial charge on any atom is 0.280 e. The van der Waals surface area contributed by atoms with Gasteiger partial charge in [0.2, 0.25) is 5.91 Å². The van der Waals surface area contributed by atoms with Crippen molar-refractivity contribution < 1.29 is 17.6 Å². The number of anilines is 1. The molecule has 0 saturated carbocycles.